The monoisotopic (exact) mass is 224 g/mol. The van der Waals surface area contributed by atoms with Crippen LogP contribution < -0.4 is 5.73 Å². The van der Waals surface area contributed by atoms with Gasteiger partial charge in [-0.25, -0.2) is 9.97 Å². The lowest BCUT2D eigenvalue weighted by Gasteiger charge is -2.08. The smallest absolute Gasteiger partial charge is 0.188 e. The van der Waals surface area contributed by atoms with Crippen LogP contribution >= 0.6 is 11.8 Å². The number of hydrogen-bond acceptors (Lipinski definition) is 4. The molecule has 0 aliphatic carbocycles. The van der Waals surface area contributed by atoms with E-state index in [1.54, 1.807) is 11.8 Å². The number of aryl methyl sites for hydroxylation is 2. The predicted molar refractivity (Wildman–Crippen MR) is 63.3 cm³/mol. The van der Waals surface area contributed by atoms with Crippen LogP contribution in [-0.2, 0) is 0 Å². The van der Waals surface area contributed by atoms with Gasteiger partial charge in [0.2, 0.25) is 0 Å². The highest BCUT2D eigenvalue weighted by molar-refractivity contribution is 7.99. The number of nitrogens with two attached hydrogens (primary N) is 1. The summed E-state index contributed by atoms with van der Waals surface area (Å²) in [4.78, 5) is 8.61. The molecule has 1 heterocycles. The van der Waals surface area contributed by atoms with Gasteiger partial charge in [0, 0.05) is 23.1 Å². The minimum atomic E-state index is 0.0689. The van der Waals surface area contributed by atoms with Gasteiger partial charge in [-0.3, -0.25) is 5.41 Å². The van der Waals surface area contributed by atoms with Crippen molar-refractivity contribution >= 4 is 17.6 Å². The number of aromatic nitrogens is 2. The van der Waals surface area contributed by atoms with E-state index in [0.29, 0.717) is 0 Å². The summed E-state index contributed by atoms with van der Waals surface area (Å²) >= 11 is 1.54. The van der Waals surface area contributed by atoms with Crippen LogP contribution in [0.1, 0.15) is 18.3 Å². The molecule has 0 fully saturated rings. The van der Waals surface area contributed by atoms with Gasteiger partial charge in [-0.15, -0.1) is 0 Å². The summed E-state index contributed by atoms with van der Waals surface area (Å²) in [6, 6.07) is 1.94. The van der Waals surface area contributed by atoms with Crippen molar-refractivity contribution in [2.24, 2.45) is 11.7 Å². The van der Waals surface area contributed by atoms with E-state index in [4.69, 9.17) is 11.1 Å². The van der Waals surface area contributed by atoms with E-state index in [9.17, 15) is 0 Å². The van der Waals surface area contributed by atoms with E-state index < -0.39 is 0 Å². The number of rotatable bonds is 4. The summed E-state index contributed by atoms with van der Waals surface area (Å²) in [5, 5.41) is 8.04. The molecule has 1 atom stereocenters. The predicted octanol–water partition coefficient (Wildman–Crippen LogP) is 1.76. The fourth-order valence-electron chi connectivity index (χ4n) is 1.05. The molecule has 0 aromatic carbocycles. The summed E-state index contributed by atoms with van der Waals surface area (Å²) in [5.74, 6) is 1.03. The molecule has 1 unspecified atom stereocenters. The molecule has 3 N–H and O–H groups in total. The Bertz CT molecular complexity index is 344. The van der Waals surface area contributed by atoms with Crippen molar-refractivity contribution in [2.45, 2.75) is 25.9 Å². The fourth-order valence-corrected chi connectivity index (χ4v) is 2.04. The van der Waals surface area contributed by atoms with Crippen molar-refractivity contribution in [1.82, 2.24) is 9.97 Å². The molecule has 15 heavy (non-hydrogen) atoms. The van der Waals surface area contributed by atoms with E-state index in [2.05, 4.69) is 9.97 Å². The lowest BCUT2D eigenvalue weighted by atomic mass is 10.2. The first-order chi connectivity index (χ1) is 6.99. The molecule has 0 radical (unpaired) electrons. The maximum Gasteiger partial charge on any atom is 0.188 e. The summed E-state index contributed by atoms with van der Waals surface area (Å²) in [6.07, 6.45) is 0. The lowest BCUT2D eigenvalue weighted by Crippen LogP contribution is -2.21. The van der Waals surface area contributed by atoms with Gasteiger partial charge < -0.3 is 5.73 Å². The average Bonchev–Trinajstić information content (AvgIpc) is 2.12. The van der Waals surface area contributed by atoms with Crippen molar-refractivity contribution in [3.05, 3.63) is 17.5 Å². The van der Waals surface area contributed by atoms with E-state index in [1.807, 2.05) is 26.8 Å². The SMILES string of the molecule is Cc1cc(C)nc(SCC(C)C(=N)N)n1. The molecule has 82 valence electrons. The molecule has 0 aliphatic rings. The standard InChI is InChI=1S/C10H16N4S/c1-6(9(11)12)5-15-10-13-7(2)4-8(3)14-10/h4,6H,5H2,1-3H3,(H3,11,12). The van der Waals surface area contributed by atoms with Crippen LogP contribution in [0.4, 0.5) is 0 Å². The van der Waals surface area contributed by atoms with Crippen LogP contribution in [0.25, 0.3) is 0 Å². The van der Waals surface area contributed by atoms with E-state index in [0.717, 1.165) is 22.3 Å². The molecule has 1 rings (SSSR count). The van der Waals surface area contributed by atoms with Gasteiger partial charge in [-0.05, 0) is 19.9 Å². The molecule has 4 nitrogen and oxygen atoms in total. The molecule has 1 aromatic heterocycles. The Morgan fingerprint density at radius 3 is 2.47 bits per heavy atom. The van der Waals surface area contributed by atoms with Crippen LogP contribution in [0.15, 0.2) is 11.2 Å². The Labute approximate surface area is 94.2 Å². The molecule has 0 spiro atoms. The van der Waals surface area contributed by atoms with Crippen LogP contribution in [0.3, 0.4) is 0 Å². The average molecular weight is 224 g/mol. The first-order valence-electron chi connectivity index (χ1n) is 4.78. The number of amidine groups is 1. The maximum atomic E-state index is 7.27. The molecule has 0 saturated carbocycles. The second-order valence-electron chi connectivity index (χ2n) is 3.60. The zero-order valence-electron chi connectivity index (χ0n) is 9.24. The first-order valence-corrected chi connectivity index (χ1v) is 5.76. The Morgan fingerprint density at radius 2 is 2.00 bits per heavy atom. The molecule has 0 amide bonds. The molecule has 0 bridgehead atoms. The summed E-state index contributed by atoms with van der Waals surface area (Å²) in [5.41, 5.74) is 7.33. The third-order valence-electron chi connectivity index (χ3n) is 1.96. The van der Waals surface area contributed by atoms with E-state index in [-0.39, 0.29) is 11.8 Å². The Morgan fingerprint density at radius 1 is 1.47 bits per heavy atom. The quantitative estimate of drug-likeness (QED) is 0.353. The van der Waals surface area contributed by atoms with Crippen LogP contribution in [0.2, 0.25) is 0 Å². The summed E-state index contributed by atoms with van der Waals surface area (Å²) in [7, 11) is 0. The largest absolute Gasteiger partial charge is 0.387 e. The second-order valence-corrected chi connectivity index (χ2v) is 4.59. The molecular weight excluding hydrogens is 208 g/mol. The Hall–Kier alpha value is -1.10. The Balaban J connectivity index is 2.61. The number of nitrogens with zero attached hydrogens (tertiary/aromatic N) is 2. The van der Waals surface area contributed by atoms with Crippen LogP contribution in [-0.4, -0.2) is 21.6 Å². The first kappa shape index (κ1) is 12.0. The highest BCUT2D eigenvalue weighted by atomic mass is 32.2. The van der Waals surface area contributed by atoms with E-state index >= 15 is 0 Å². The molecular formula is C10H16N4S. The Kier molecular flexibility index (Phi) is 4.08. The van der Waals surface area contributed by atoms with Gasteiger partial charge in [0.1, 0.15) is 0 Å². The zero-order valence-corrected chi connectivity index (χ0v) is 10.1. The van der Waals surface area contributed by atoms with Gasteiger partial charge in [0.25, 0.3) is 0 Å². The normalized spacial score (nSPS) is 12.5. The molecule has 1 aromatic rings. The maximum absolute atomic E-state index is 7.27. The zero-order chi connectivity index (χ0) is 11.4. The van der Waals surface area contributed by atoms with Gasteiger partial charge in [0.15, 0.2) is 5.16 Å². The lowest BCUT2D eigenvalue weighted by molar-refractivity contribution is 0.861. The van der Waals surface area contributed by atoms with Crippen molar-refractivity contribution in [2.75, 3.05) is 5.75 Å². The topological polar surface area (TPSA) is 75.7 Å². The summed E-state index contributed by atoms with van der Waals surface area (Å²) in [6.45, 7) is 5.83. The van der Waals surface area contributed by atoms with Crippen molar-refractivity contribution in [3.63, 3.8) is 0 Å². The number of thioether (sulfide) groups is 1. The minimum Gasteiger partial charge on any atom is -0.387 e. The van der Waals surface area contributed by atoms with Gasteiger partial charge in [-0.2, -0.15) is 0 Å². The highest BCUT2D eigenvalue weighted by Crippen LogP contribution is 2.17. The van der Waals surface area contributed by atoms with Gasteiger partial charge >= 0.3 is 0 Å². The van der Waals surface area contributed by atoms with Crippen LogP contribution in [0.5, 0.6) is 0 Å². The fraction of sp³-hybridized carbons (Fsp3) is 0.500. The second kappa shape index (κ2) is 5.11. The number of hydrogen-bond donors (Lipinski definition) is 2. The minimum absolute atomic E-state index is 0.0689. The van der Waals surface area contributed by atoms with Crippen LogP contribution in [0, 0.1) is 25.2 Å². The molecule has 5 heteroatoms. The van der Waals surface area contributed by atoms with Crippen molar-refractivity contribution in [1.29, 1.82) is 5.41 Å². The molecule has 0 aliphatic heterocycles. The number of nitrogens with one attached hydrogen (secondary N) is 1. The van der Waals surface area contributed by atoms with Gasteiger partial charge in [-0.1, -0.05) is 18.7 Å². The third-order valence-corrected chi connectivity index (χ3v) is 3.06. The van der Waals surface area contributed by atoms with Gasteiger partial charge in [0.05, 0.1) is 5.84 Å². The third kappa shape index (κ3) is 3.87. The molecule has 0 saturated heterocycles. The van der Waals surface area contributed by atoms with E-state index in [1.165, 1.54) is 0 Å². The summed E-state index contributed by atoms with van der Waals surface area (Å²) < 4.78 is 0. The van der Waals surface area contributed by atoms with Crippen molar-refractivity contribution < 1.29 is 0 Å². The van der Waals surface area contributed by atoms with Crippen molar-refractivity contribution in [3.8, 4) is 0 Å². The highest BCUT2D eigenvalue weighted by Gasteiger charge is 2.07.